The van der Waals surface area contributed by atoms with Crippen molar-refractivity contribution in [3.8, 4) is 5.75 Å². The number of nitrogens with two attached hydrogens (primary N) is 1. The van der Waals surface area contributed by atoms with Crippen molar-refractivity contribution in [2.45, 2.75) is 13.0 Å². The van der Waals surface area contributed by atoms with Crippen LogP contribution in [0.3, 0.4) is 0 Å². The predicted molar refractivity (Wildman–Crippen MR) is 75.9 cm³/mol. The molecule has 0 aromatic heterocycles. The second kappa shape index (κ2) is 6.21. The highest BCUT2D eigenvalue weighted by Crippen LogP contribution is 2.17. The van der Waals surface area contributed by atoms with Gasteiger partial charge < -0.3 is 15.8 Å². The minimum Gasteiger partial charge on any atom is -0.481 e. The molecule has 0 bridgehead atoms. The average molecular weight is 292 g/mol. The van der Waals surface area contributed by atoms with E-state index in [-0.39, 0.29) is 5.75 Å². The summed E-state index contributed by atoms with van der Waals surface area (Å²) in [6.45, 7) is 1.48. The SMILES string of the molecule is CC(Oc1cc(F)cc(F)c1)C(=O)Nc1ccc(N)cc1. The van der Waals surface area contributed by atoms with E-state index >= 15 is 0 Å². The molecule has 0 radical (unpaired) electrons. The summed E-state index contributed by atoms with van der Waals surface area (Å²) < 4.78 is 31.3. The van der Waals surface area contributed by atoms with Gasteiger partial charge in [-0.1, -0.05) is 0 Å². The van der Waals surface area contributed by atoms with Crippen LogP contribution in [0.25, 0.3) is 0 Å². The van der Waals surface area contributed by atoms with E-state index in [9.17, 15) is 13.6 Å². The molecule has 0 aliphatic heterocycles. The van der Waals surface area contributed by atoms with Gasteiger partial charge in [-0.25, -0.2) is 8.78 Å². The molecule has 1 unspecified atom stereocenters. The Hall–Kier alpha value is -2.63. The number of carbonyl (C=O) groups is 1. The van der Waals surface area contributed by atoms with Crippen molar-refractivity contribution < 1.29 is 18.3 Å². The number of benzene rings is 2. The average Bonchev–Trinajstić information content (AvgIpc) is 2.40. The molecule has 4 nitrogen and oxygen atoms in total. The lowest BCUT2D eigenvalue weighted by molar-refractivity contribution is -0.122. The molecule has 110 valence electrons. The molecule has 2 rings (SSSR count). The highest BCUT2D eigenvalue weighted by molar-refractivity contribution is 5.94. The number of amides is 1. The fraction of sp³-hybridized carbons (Fsp3) is 0.133. The minimum absolute atomic E-state index is 0.0487. The summed E-state index contributed by atoms with van der Waals surface area (Å²) >= 11 is 0. The van der Waals surface area contributed by atoms with Crippen molar-refractivity contribution in [2.24, 2.45) is 0 Å². The van der Waals surface area contributed by atoms with Crippen LogP contribution in [0.4, 0.5) is 20.2 Å². The van der Waals surface area contributed by atoms with Gasteiger partial charge in [0.25, 0.3) is 5.91 Å². The van der Waals surface area contributed by atoms with Crippen molar-refractivity contribution in [1.82, 2.24) is 0 Å². The van der Waals surface area contributed by atoms with E-state index in [4.69, 9.17) is 10.5 Å². The minimum atomic E-state index is -0.913. The van der Waals surface area contributed by atoms with Gasteiger partial charge in [0, 0.05) is 29.6 Å². The maximum absolute atomic E-state index is 13.0. The number of rotatable bonds is 4. The standard InChI is InChI=1S/C15H14F2N2O2/c1-9(21-14-7-10(16)6-11(17)8-14)15(20)19-13-4-2-12(18)3-5-13/h2-9H,18H2,1H3,(H,19,20). The zero-order valence-corrected chi connectivity index (χ0v) is 11.3. The Morgan fingerprint density at radius 3 is 2.29 bits per heavy atom. The summed E-state index contributed by atoms with van der Waals surface area (Å²) in [6.07, 6.45) is -0.913. The third-order valence-electron chi connectivity index (χ3n) is 2.70. The molecule has 0 saturated heterocycles. The van der Waals surface area contributed by atoms with E-state index in [0.29, 0.717) is 11.4 Å². The number of hydrogen-bond acceptors (Lipinski definition) is 3. The van der Waals surface area contributed by atoms with E-state index in [1.54, 1.807) is 24.3 Å². The van der Waals surface area contributed by atoms with Crippen molar-refractivity contribution in [2.75, 3.05) is 11.1 Å². The van der Waals surface area contributed by atoms with E-state index in [1.807, 2.05) is 0 Å². The first-order valence-corrected chi connectivity index (χ1v) is 6.23. The number of nitrogen functional groups attached to an aromatic ring is 1. The monoisotopic (exact) mass is 292 g/mol. The second-order valence-electron chi connectivity index (χ2n) is 4.48. The van der Waals surface area contributed by atoms with Crippen LogP contribution < -0.4 is 15.8 Å². The predicted octanol–water partition coefficient (Wildman–Crippen LogP) is 2.95. The van der Waals surface area contributed by atoms with Gasteiger partial charge in [-0.05, 0) is 31.2 Å². The number of carbonyl (C=O) groups excluding carboxylic acids is 1. The van der Waals surface area contributed by atoms with Crippen LogP contribution in [-0.4, -0.2) is 12.0 Å². The number of anilines is 2. The maximum Gasteiger partial charge on any atom is 0.265 e. The summed E-state index contributed by atoms with van der Waals surface area (Å²) in [6, 6.07) is 9.31. The lowest BCUT2D eigenvalue weighted by atomic mass is 10.2. The summed E-state index contributed by atoms with van der Waals surface area (Å²) in [5.74, 6) is -2.02. The van der Waals surface area contributed by atoms with Crippen molar-refractivity contribution in [3.63, 3.8) is 0 Å². The first kappa shape index (κ1) is 14.8. The molecule has 0 spiro atoms. The largest absolute Gasteiger partial charge is 0.481 e. The zero-order chi connectivity index (χ0) is 15.4. The molecule has 2 aromatic carbocycles. The first-order chi connectivity index (χ1) is 9.94. The smallest absolute Gasteiger partial charge is 0.265 e. The lowest BCUT2D eigenvalue weighted by Gasteiger charge is -2.15. The zero-order valence-electron chi connectivity index (χ0n) is 11.3. The molecule has 1 amide bonds. The second-order valence-corrected chi connectivity index (χ2v) is 4.48. The van der Waals surface area contributed by atoms with Crippen LogP contribution in [0.2, 0.25) is 0 Å². The Balaban J connectivity index is 2.00. The third-order valence-corrected chi connectivity index (χ3v) is 2.70. The molecule has 0 saturated carbocycles. The molecular weight excluding hydrogens is 278 g/mol. The van der Waals surface area contributed by atoms with E-state index < -0.39 is 23.6 Å². The quantitative estimate of drug-likeness (QED) is 0.852. The fourth-order valence-electron chi connectivity index (χ4n) is 1.66. The normalized spacial score (nSPS) is 11.8. The number of hydrogen-bond donors (Lipinski definition) is 2. The van der Waals surface area contributed by atoms with Crippen molar-refractivity contribution in [1.29, 1.82) is 0 Å². The van der Waals surface area contributed by atoms with Gasteiger partial charge in [-0.2, -0.15) is 0 Å². The van der Waals surface area contributed by atoms with Gasteiger partial charge in [0.2, 0.25) is 0 Å². The molecule has 3 N–H and O–H groups in total. The number of nitrogens with one attached hydrogen (secondary N) is 1. The molecule has 1 atom stereocenters. The third kappa shape index (κ3) is 4.17. The Kier molecular flexibility index (Phi) is 4.37. The number of ether oxygens (including phenoxy) is 1. The summed E-state index contributed by atoms with van der Waals surface area (Å²) in [5, 5.41) is 2.61. The molecule has 6 heteroatoms. The molecule has 0 aliphatic rings. The molecule has 2 aromatic rings. The molecule has 0 fully saturated rings. The molecule has 0 aliphatic carbocycles. The van der Waals surface area contributed by atoms with Crippen LogP contribution in [0, 0.1) is 11.6 Å². The van der Waals surface area contributed by atoms with E-state index in [0.717, 1.165) is 18.2 Å². The van der Waals surface area contributed by atoms with Gasteiger partial charge in [0.15, 0.2) is 6.10 Å². The maximum atomic E-state index is 13.0. The lowest BCUT2D eigenvalue weighted by Crippen LogP contribution is -2.30. The fourth-order valence-corrected chi connectivity index (χ4v) is 1.66. The Labute approximate surface area is 120 Å². The van der Waals surface area contributed by atoms with Gasteiger partial charge in [-0.15, -0.1) is 0 Å². The van der Waals surface area contributed by atoms with Crippen molar-refractivity contribution in [3.05, 3.63) is 54.1 Å². The summed E-state index contributed by atoms with van der Waals surface area (Å²) in [4.78, 5) is 11.9. The summed E-state index contributed by atoms with van der Waals surface area (Å²) in [5.41, 5.74) is 6.67. The van der Waals surface area contributed by atoms with Gasteiger partial charge in [0.1, 0.15) is 17.4 Å². The van der Waals surface area contributed by atoms with Gasteiger partial charge in [0.05, 0.1) is 0 Å². The molecule has 21 heavy (non-hydrogen) atoms. The first-order valence-electron chi connectivity index (χ1n) is 6.23. The van der Waals surface area contributed by atoms with Crippen molar-refractivity contribution >= 4 is 17.3 Å². The van der Waals surface area contributed by atoms with Crippen LogP contribution >= 0.6 is 0 Å². The highest BCUT2D eigenvalue weighted by atomic mass is 19.1. The molecular formula is C15H14F2N2O2. The van der Waals surface area contributed by atoms with Crippen LogP contribution in [-0.2, 0) is 4.79 Å². The van der Waals surface area contributed by atoms with E-state index in [1.165, 1.54) is 6.92 Å². The topological polar surface area (TPSA) is 64.3 Å². The van der Waals surface area contributed by atoms with Crippen LogP contribution in [0.15, 0.2) is 42.5 Å². The number of halogens is 2. The van der Waals surface area contributed by atoms with Crippen LogP contribution in [0.5, 0.6) is 5.75 Å². The Morgan fingerprint density at radius 2 is 1.71 bits per heavy atom. The Bertz CT molecular complexity index is 624. The van der Waals surface area contributed by atoms with Crippen LogP contribution in [0.1, 0.15) is 6.92 Å². The van der Waals surface area contributed by atoms with Gasteiger partial charge >= 0.3 is 0 Å². The highest BCUT2D eigenvalue weighted by Gasteiger charge is 2.15. The Morgan fingerprint density at radius 1 is 1.14 bits per heavy atom. The van der Waals surface area contributed by atoms with E-state index in [2.05, 4.69) is 5.32 Å². The molecule has 0 heterocycles. The summed E-state index contributed by atoms with van der Waals surface area (Å²) in [7, 11) is 0. The van der Waals surface area contributed by atoms with Gasteiger partial charge in [-0.3, -0.25) is 4.79 Å².